The van der Waals surface area contributed by atoms with Crippen LogP contribution in [0.3, 0.4) is 0 Å². The predicted octanol–water partition coefficient (Wildman–Crippen LogP) is 4.34. The van der Waals surface area contributed by atoms with Crippen LogP contribution in [0.15, 0.2) is 30.5 Å². The van der Waals surface area contributed by atoms with Gasteiger partial charge in [-0.2, -0.15) is 5.26 Å². The number of piperidine rings is 2. The molecule has 2 bridgehead atoms. The van der Waals surface area contributed by atoms with E-state index in [0.717, 1.165) is 31.2 Å². The molecule has 130 valence electrons. The van der Waals surface area contributed by atoms with E-state index < -0.39 is 0 Å². The second-order valence-corrected chi connectivity index (χ2v) is 7.92. The van der Waals surface area contributed by atoms with Crippen LogP contribution >= 0.6 is 0 Å². The highest BCUT2D eigenvalue weighted by Crippen LogP contribution is 2.53. The first-order valence-corrected chi connectivity index (χ1v) is 9.35. The summed E-state index contributed by atoms with van der Waals surface area (Å²) >= 11 is 0. The molecule has 4 heteroatoms. The first-order chi connectivity index (χ1) is 12.1. The lowest BCUT2D eigenvalue weighted by Gasteiger charge is -2.58. The van der Waals surface area contributed by atoms with E-state index in [-0.39, 0.29) is 29.3 Å². The Morgan fingerprint density at radius 1 is 1.40 bits per heavy atom. The maximum atomic E-state index is 13.1. The van der Waals surface area contributed by atoms with Gasteiger partial charge in [-0.3, -0.25) is 4.79 Å². The molecule has 0 spiro atoms. The lowest BCUT2D eigenvalue weighted by Crippen LogP contribution is -2.63. The zero-order valence-corrected chi connectivity index (χ0v) is 15.0. The van der Waals surface area contributed by atoms with E-state index in [1.54, 1.807) is 0 Å². The van der Waals surface area contributed by atoms with Crippen molar-refractivity contribution in [1.82, 2.24) is 9.88 Å². The van der Waals surface area contributed by atoms with Crippen LogP contribution in [0, 0.1) is 16.7 Å². The minimum Gasteiger partial charge on any atom is -0.361 e. The second kappa shape index (κ2) is 5.91. The van der Waals surface area contributed by atoms with Gasteiger partial charge in [-0.1, -0.05) is 32.0 Å². The number of para-hydroxylation sites is 1. The zero-order chi connectivity index (χ0) is 17.6. The standard InChI is InChI=1S/C21H25N3O/c1-3-15-9-21(13-22)10-16(11-21)24(15)20(25)8-14(2)18-12-23-19-7-5-4-6-17(18)19/h4-7,12,14-16,23H,3,8-11H2,1-2H3. The van der Waals surface area contributed by atoms with E-state index >= 15 is 0 Å². The number of rotatable bonds is 4. The Bertz CT molecular complexity index is 840. The minimum absolute atomic E-state index is 0.148. The number of nitrogens with one attached hydrogen (secondary N) is 1. The van der Waals surface area contributed by atoms with E-state index in [9.17, 15) is 10.1 Å². The zero-order valence-electron chi connectivity index (χ0n) is 15.0. The molecular formula is C21H25N3O. The third-order valence-corrected chi connectivity index (χ3v) is 6.30. The largest absolute Gasteiger partial charge is 0.361 e. The minimum atomic E-state index is -0.148. The molecule has 1 aromatic heterocycles. The molecule has 3 fully saturated rings. The third kappa shape index (κ3) is 2.54. The molecule has 1 aromatic carbocycles. The number of aromatic amines is 1. The molecule has 0 radical (unpaired) electrons. The van der Waals surface area contributed by atoms with Crippen molar-refractivity contribution in [2.75, 3.05) is 0 Å². The van der Waals surface area contributed by atoms with Crippen LogP contribution in [0.4, 0.5) is 0 Å². The second-order valence-electron chi connectivity index (χ2n) is 7.92. The fourth-order valence-corrected chi connectivity index (χ4v) is 4.92. The highest BCUT2D eigenvalue weighted by molar-refractivity contribution is 5.85. The van der Waals surface area contributed by atoms with E-state index in [2.05, 4.69) is 41.9 Å². The average Bonchev–Trinajstić information content (AvgIpc) is 3.04. The summed E-state index contributed by atoms with van der Waals surface area (Å²) in [6.45, 7) is 4.27. The molecule has 3 aliphatic rings. The Morgan fingerprint density at radius 3 is 2.88 bits per heavy atom. The molecule has 2 aromatic rings. The fraction of sp³-hybridized carbons (Fsp3) is 0.524. The molecule has 4 nitrogen and oxygen atoms in total. The van der Waals surface area contributed by atoms with Gasteiger partial charge in [0.1, 0.15) is 0 Å². The third-order valence-electron chi connectivity index (χ3n) is 6.30. The number of carbonyl (C=O) groups excluding carboxylic acids is 1. The summed E-state index contributed by atoms with van der Waals surface area (Å²) in [4.78, 5) is 18.5. The molecule has 5 rings (SSSR count). The van der Waals surface area contributed by atoms with Gasteiger partial charge in [-0.15, -0.1) is 0 Å². The Balaban J connectivity index is 1.51. The van der Waals surface area contributed by atoms with Crippen molar-refractivity contribution in [2.45, 2.75) is 64.0 Å². The Labute approximate surface area is 148 Å². The number of hydrogen-bond acceptors (Lipinski definition) is 2. The van der Waals surface area contributed by atoms with E-state index in [1.807, 2.05) is 18.3 Å². The molecular weight excluding hydrogens is 310 g/mol. The van der Waals surface area contributed by atoms with Gasteiger partial charge in [0, 0.05) is 35.6 Å². The first kappa shape index (κ1) is 16.2. The highest BCUT2D eigenvalue weighted by atomic mass is 16.2. The van der Waals surface area contributed by atoms with Crippen molar-refractivity contribution in [3.05, 3.63) is 36.0 Å². The van der Waals surface area contributed by atoms with Crippen molar-refractivity contribution in [2.24, 2.45) is 5.41 Å². The van der Waals surface area contributed by atoms with E-state index in [4.69, 9.17) is 0 Å². The average molecular weight is 335 g/mol. The van der Waals surface area contributed by atoms with Crippen molar-refractivity contribution in [3.8, 4) is 6.07 Å². The van der Waals surface area contributed by atoms with Gasteiger partial charge >= 0.3 is 0 Å². The Kier molecular flexibility index (Phi) is 3.83. The summed E-state index contributed by atoms with van der Waals surface area (Å²) in [7, 11) is 0. The number of hydrogen-bond donors (Lipinski definition) is 1. The first-order valence-electron chi connectivity index (χ1n) is 9.35. The number of amides is 1. The van der Waals surface area contributed by atoms with Crippen LogP contribution in [0.2, 0.25) is 0 Å². The number of nitrogens with zero attached hydrogens (tertiary/aromatic N) is 2. The van der Waals surface area contributed by atoms with Gasteiger partial charge in [-0.05, 0) is 43.2 Å². The van der Waals surface area contributed by atoms with Crippen LogP contribution in [0.5, 0.6) is 0 Å². The number of nitriles is 1. The summed E-state index contributed by atoms with van der Waals surface area (Å²) in [5, 5.41) is 10.6. The Morgan fingerprint density at radius 2 is 2.16 bits per heavy atom. The lowest BCUT2D eigenvalue weighted by atomic mass is 9.58. The number of fused-ring (bicyclic) bond motifs is 3. The van der Waals surface area contributed by atoms with Crippen LogP contribution in [-0.4, -0.2) is 27.9 Å². The maximum absolute atomic E-state index is 13.1. The summed E-state index contributed by atoms with van der Waals surface area (Å²) in [6, 6.07) is 11.3. The molecule has 2 saturated heterocycles. The summed E-state index contributed by atoms with van der Waals surface area (Å²) in [6.07, 6.45) is 6.10. The molecule has 1 amide bonds. The molecule has 1 N–H and O–H groups in total. The van der Waals surface area contributed by atoms with Crippen LogP contribution in [0.25, 0.3) is 10.9 Å². The van der Waals surface area contributed by atoms with Crippen LogP contribution < -0.4 is 0 Å². The van der Waals surface area contributed by atoms with Crippen LogP contribution in [-0.2, 0) is 4.79 Å². The number of carbonyl (C=O) groups is 1. The van der Waals surface area contributed by atoms with E-state index in [1.165, 1.54) is 10.9 Å². The fourth-order valence-electron chi connectivity index (χ4n) is 4.92. The van der Waals surface area contributed by atoms with Crippen molar-refractivity contribution < 1.29 is 4.79 Å². The summed E-state index contributed by atoms with van der Waals surface area (Å²) in [5.41, 5.74) is 2.19. The van der Waals surface area contributed by atoms with Crippen molar-refractivity contribution in [1.29, 1.82) is 5.26 Å². The van der Waals surface area contributed by atoms with Gasteiger partial charge in [0.2, 0.25) is 5.91 Å². The van der Waals surface area contributed by atoms with Crippen LogP contribution in [0.1, 0.15) is 57.4 Å². The smallest absolute Gasteiger partial charge is 0.223 e. The monoisotopic (exact) mass is 335 g/mol. The molecule has 2 atom stereocenters. The molecule has 2 unspecified atom stereocenters. The van der Waals surface area contributed by atoms with Crippen molar-refractivity contribution >= 4 is 16.8 Å². The van der Waals surface area contributed by atoms with Gasteiger partial charge in [0.25, 0.3) is 0 Å². The topological polar surface area (TPSA) is 59.9 Å². The lowest BCUT2D eigenvalue weighted by molar-refractivity contribution is -0.152. The molecule has 2 aliphatic heterocycles. The number of aromatic nitrogens is 1. The molecule has 25 heavy (non-hydrogen) atoms. The van der Waals surface area contributed by atoms with Gasteiger partial charge in [-0.25, -0.2) is 0 Å². The van der Waals surface area contributed by atoms with E-state index in [0.29, 0.717) is 6.42 Å². The highest BCUT2D eigenvalue weighted by Gasteiger charge is 2.55. The van der Waals surface area contributed by atoms with Gasteiger partial charge < -0.3 is 9.88 Å². The summed E-state index contributed by atoms with van der Waals surface area (Å²) < 4.78 is 0. The predicted molar refractivity (Wildman–Crippen MR) is 97.9 cm³/mol. The quantitative estimate of drug-likeness (QED) is 0.903. The van der Waals surface area contributed by atoms with Gasteiger partial charge in [0.15, 0.2) is 0 Å². The number of H-pyrrole nitrogens is 1. The normalized spacial score (nSPS) is 29.1. The van der Waals surface area contributed by atoms with Gasteiger partial charge in [0.05, 0.1) is 11.5 Å². The molecule has 3 heterocycles. The molecule has 1 saturated carbocycles. The summed E-state index contributed by atoms with van der Waals surface area (Å²) in [5.74, 6) is 0.435. The Hall–Kier alpha value is -2.28. The van der Waals surface area contributed by atoms with Crippen molar-refractivity contribution in [3.63, 3.8) is 0 Å². The number of benzene rings is 1. The SMILES string of the molecule is CCC1CC2(C#N)CC(C2)N1C(=O)CC(C)c1c[nH]c2ccccc12. The maximum Gasteiger partial charge on any atom is 0.223 e. The molecule has 1 aliphatic carbocycles.